The average molecular weight is 204 g/mol. The quantitative estimate of drug-likeness (QED) is 0.583. The zero-order valence-electron chi connectivity index (χ0n) is 10.5. The monoisotopic (exact) mass is 204 g/mol. The molecule has 0 radical (unpaired) electrons. The van der Waals surface area contributed by atoms with Gasteiger partial charge in [0.25, 0.3) is 0 Å². The summed E-state index contributed by atoms with van der Waals surface area (Å²) in [6.45, 7) is 11.1. The largest absolute Gasteiger partial charge is 0.0996 e. The van der Waals surface area contributed by atoms with Gasteiger partial charge in [-0.1, -0.05) is 30.7 Å². The summed E-state index contributed by atoms with van der Waals surface area (Å²) in [5, 5.41) is 0. The smallest absolute Gasteiger partial charge is 0.0146 e. The second-order valence-electron chi connectivity index (χ2n) is 6.01. The molecule has 3 rings (SSSR count). The molecule has 0 amide bonds. The zero-order chi connectivity index (χ0) is 11.1. The molecule has 0 aromatic carbocycles. The molecule has 3 fully saturated rings. The Morgan fingerprint density at radius 1 is 1.53 bits per heavy atom. The van der Waals surface area contributed by atoms with E-state index >= 15 is 0 Å². The van der Waals surface area contributed by atoms with Gasteiger partial charge in [-0.15, -0.1) is 0 Å². The van der Waals surface area contributed by atoms with Crippen molar-refractivity contribution in [3.05, 3.63) is 23.8 Å². The van der Waals surface area contributed by atoms with Gasteiger partial charge in [-0.3, -0.25) is 0 Å². The highest BCUT2D eigenvalue weighted by atomic mass is 14.6. The second kappa shape index (κ2) is 3.81. The van der Waals surface area contributed by atoms with Crippen molar-refractivity contribution >= 4 is 0 Å². The van der Waals surface area contributed by atoms with Gasteiger partial charge < -0.3 is 0 Å². The van der Waals surface area contributed by atoms with Crippen LogP contribution in [0.25, 0.3) is 0 Å². The van der Waals surface area contributed by atoms with E-state index in [9.17, 15) is 0 Å². The third kappa shape index (κ3) is 1.79. The molecule has 3 aliphatic carbocycles. The van der Waals surface area contributed by atoms with Gasteiger partial charge in [-0.25, -0.2) is 0 Å². The van der Waals surface area contributed by atoms with Gasteiger partial charge in [0.2, 0.25) is 0 Å². The van der Waals surface area contributed by atoms with Gasteiger partial charge in [-0.05, 0) is 63.2 Å². The normalized spacial score (nSPS) is 38.5. The van der Waals surface area contributed by atoms with Crippen molar-refractivity contribution in [2.45, 2.75) is 52.9 Å². The van der Waals surface area contributed by atoms with Crippen LogP contribution in [0.2, 0.25) is 0 Å². The number of allylic oxidation sites excluding steroid dienone is 3. The van der Waals surface area contributed by atoms with Gasteiger partial charge in [0.05, 0.1) is 0 Å². The standard InChI is InChI=1S/C15H24/c1-11(2)6-5-9-15(4)13-8-7-12(3)14(15)10-13/h6,13-14H,3,5,7-10H2,1-2,4H3/t13-,14-,15-/m1/s1. The number of hydrogen-bond donors (Lipinski definition) is 0. The molecule has 0 saturated heterocycles. The Morgan fingerprint density at radius 2 is 2.27 bits per heavy atom. The van der Waals surface area contributed by atoms with E-state index in [0.29, 0.717) is 5.41 Å². The lowest BCUT2D eigenvalue weighted by Gasteiger charge is -2.59. The first-order valence-electron chi connectivity index (χ1n) is 6.35. The molecule has 2 bridgehead atoms. The first-order valence-corrected chi connectivity index (χ1v) is 6.35. The summed E-state index contributed by atoms with van der Waals surface area (Å²) in [6, 6.07) is 0. The van der Waals surface area contributed by atoms with Gasteiger partial charge in [-0.2, -0.15) is 0 Å². The fourth-order valence-electron chi connectivity index (χ4n) is 3.61. The van der Waals surface area contributed by atoms with E-state index in [2.05, 4.69) is 33.4 Å². The molecule has 0 unspecified atom stereocenters. The number of fused-ring (bicyclic) bond motifs is 2. The fourth-order valence-corrected chi connectivity index (χ4v) is 3.61. The van der Waals surface area contributed by atoms with Crippen LogP contribution >= 0.6 is 0 Å². The lowest BCUT2D eigenvalue weighted by molar-refractivity contribution is -0.0507. The van der Waals surface area contributed by atoms with Gasteiger partial charge >= 0.3 is 0 Å². The van der Waals surface area contributed by atoms with Gasteiger partial charge in [0.1, 0.15) is 0 Å². The molecule has 3 aliphatic rings. The van der Waals surface area contributed by atoms with Crippen LogP contribution in [-0.2, 0) is 0 Å². The lowest BCUT2D eigenvalue weighted by atomic mass is 9.45. The van der Waals surface area contributed by atoms with E-state index in [1.807, 2.05) is 0 Å². The Morgan fingerprint density at radius 3 is 2.80 bits per heavy atom. The highest BCUT2D eigenvalue weighted by Gasteiger charge is 2.53. The van der Waals surface area contributed by atoms with Crippen LogP contribution in [0, 0.1) is 17.3 Å². The Balaban J connectivity index is 1.96. The lowest BCUT2D eigenvalue weighted by Crippen LogP contribution is -2.50. The van der Waals surface area contributed by atoms with E-state index in [1.54, 1.807) is 0 Å². The van der Waals surface area contributed by atoms with E-state index in [0.717, 1.165) is 11.8 Å². The molecule has 0 spiro atoms. The van der Waals surface area contributed by atoms with Gasteiger partial charge in [0, 0.05) is 0 Å². The first kappa shape index (κ1) is 11.0. The van der Waals surface area contributed by atoms with E-state index in [-0.39, 0.29) is 0 Å². The van der Waals surface area contributed by atoms with Crippen molar-refractivity contribution in [3.63, 3.8) is 0 Å². The summed E-state index contributed by atoms with van der Waals surface area (Å²) in [6.07, 6.45) is 9.16. The van der Waals surface area contributed by atoms with Crippen molar-refractivity contribution in [2.75, 3.05) is 0 Å². The highest BCUT2D eigenvalue weighted by Crippen LogP contribution is 2.63. The van der Waals surface area contributed by atoms with Crippen LogP contribution in [0.5, 0.6) is 0 Å². The van der Waals surface area contributed by atoms with Gasteiger partial charge in [0.15, 0.2) is 0 Å². The molecular formula is C15H24. The van der Waals surface area contributed by atoms with Crippen LogP contribution in [-0.4, -0.2) is 0 Å². The van der Waals surface area contributed by atoms with E-state index in [1.165, 1.54) is 43.3 Å². The third-order valence-electron chi connectivity index (χ3n) is 4.79. The molecule has 15 heavy (non-hydrogen) atoms. The molecule has 0 nitrogen and oxygen atoms in total. The summed E-state index contributed by atoms with van der Waals surface area (Å²) in [5.74, 6) is 1.85. The van der Waals surface area contributed by atoms with E-state index < -0.39 is 0 Å². The predicted octanol–water partition coefficient (Wildman–Crippen LogP) is 4.73. The first-order chi connectivity index (χ1) is 7.04. The minimum absolute atomic E-state index is 0.598. The molecule has 0 N–H and O–H groups in total. The summed E-state index contributed by atoms with van der Waals surface area (Å²) < 4.78 is 0. The molecule has 0 heteroatoms. The predicted molar refractivity (Wildman–Crippen MR) is 66.7 cm³/mol. The third-order valence-corrected chi connectivity index (χ3v) is 4.79. The molecule has 0 aliphatic heterocycles. The van der Waals surface area contributed by atoms with Crippen LogP contribution in [0.4, 0.5) is 0 Å². The maximum atomic E-state index is 4.26. The molecule has 0 aromatic rings. The van der Waals surface area contributed by atoms with Crippen molar-refractivity contribution in [1.82, 2.24) is 0 Å². The SMILES string of the molecule is C=C1CC[C@@H]2C[C@H]1[C@]2(C)CCC=C(C)C. The minimum atomic E-state index is 0.598. The summed E-state index contributed by atoms with van der Waals surface area (Å²) in [5.41, 5.74) is 3.60. The van der Waals surface area contributed by atoms with Crippen molar-refractivity contribution in [3.8, 4) is 0 Å². The minimum Gasteiger partial charge on any atom is -0.0996 e. The van der Waals surface area contributed by atoms with Crippen molar-refractivity contribution in [1.29, 1.82) is 0 Å². The molecule has 0 heterocycles. The van der Waals surface area contributed by atoms with Crippen LogP contribution in [0.3, 0.4) is 0 Å². The molecule has 0 aromatic heterocycles. The molecule has 3 saturated carbocycles. The Bertz CT molecular complexity index is 291. The number of rotatable bonds is 3. The summed E-state index contributed by atoms with van der Waals surface area (Å²) >= 11 is 0. The Labute approximate surface area is 94.5 Å². The number of hydrogen-bond acceptors (Lipinski definition) is 0. The zero-order valence-corrected chi connectivity index (χ0v) is 10.5. The van der Waals surface area contributed by atoms with Crippen LogP contribution in [0.15, 0.2) is 23.8 Å². The second-order valence-corrected chi connectivity index (χ2v) is 6.01. The molecular weight excluding hydrogens is 180 g/mol. The maximum Gasteiger partial charge on any atom is -0.0146 e. The van der Waals surface area contributed by atoms with Crippen molar-refractivity contribution < 1.29 is 0 Å². The Kier molecular flexibility index (Phi) is 2.79. The summed E-state index contributed by atoms with van der Waals surface area (Å²) in [4.78, 5) is 0. The van der Waals surface area contributed by atoms with Crippen LogP contribution < -0.4 is 0 Å². The topological polar surface area (TPSA) is 0 Å². The van der Waals surface area contributed by atoms with Crippen molar-refractivity contribution in [2.24, 2.45) is 17.3 Å². The Hall–Kier alpha value is -0.520. The van der Waals surface area contributed by atoms with Crippen LogP contribution in [0.1, 0.15) is 52.9 Å². The maximum absolute atomic E-state index is 4.26. The highest BCUT2D eigenvalue weighted by molar-refractivity contribution is 5.20. The average Bonchev–Trinajstić information content (AvgIpc) is 2.16. The summed E-state index contributed by atoms with van der Waals surface area (Å²) in [7, 11) is 0. The molecule has 3 atom stereocenters. The molecule has 84 valence electrons. The van der Waals surface area contributed by atoms with E-state index in [4.69, 9.17) is 0 Å². The fraction of sp³-hybridized carbons (Fsp3) is 0.733.